The van der Waals surface area contributed by atoms with Gasteiger partial charge in [-0.1, -0.05) is 36.4 Å². The third kappa shape index (κ3) is 4.93. The monoisotopic (exact) mass is 453 g/mol. The minimum Gasteiger partial charge on any atom is -0.493 e. The van der Waals surface area contributed by atoms with Gasteiger partial charge in [-0.05, 0) is 23.3 Å². The minimum absolute atomic E-state index is 0.0728. The van der Waals surface area contributed by atoms with E-state index in [1.807, 2.05) is 30.3 Å². The molecule has 2 heterocycles. The van der Waals surface area contributed by atoms with Crippen molar-refractivity contribution in [3.8, 4) is 11.5 Å². The van der Waals surface area contributed by atoms with Gasteiger partial charge in [0.25, 0.3) is 5.91 Å². The van der Waals surface area contributed by atoms with E-state index >= 15 is 0 Å². The van der Waals surface area contributed by atoms with Crippen LogP contribution in [0.5, 0.6) is 11.5 Å². The normalized spacial score (nSPS) is 20.5. The van der Waals surface area contributed by atoms with Crippen molar-refractivity contribution in [1.82, 2.24) is 15.1 Å². The second kappa shape index (κ2) is 9.91. The van der Waals surface area contributed by atoms with E-state index in [9.17, 15) is 14.4 Å². The van der Waals surface area contributed by atoms with Gasteiger partial charge in [-0.3, -0.25) is 14.5 Å². The van der Waals surface area contributed by atoms with E-state index in [2.05, 4.69) is 5.32 Å². The molecule has 2 saturated heterocycles. The fourth-order valence-corrected chi connectivity index (χ4v) is 4.08. The summed E-state index contributed by atoms with van der Waals surface area (Å²) in [5.74, 6) is 0.456. The molecule has 0 unspecified atom stereocenters. The quantitative estimate of drug-likeness (QED) is 0.645. The van der Waals surface area contributed by atoms with Gasteiger partial charge in [-0.2, -0.15) is 0 Å². The molecule has 0 saturated carbocycles. The summed E-state index contributed by atoms with van der Waals surface area (Å²) >= 11 is 0. The summed E-state index contributed by atoms with van der Waals surface area (Å²) in [6.45, 7) is 1.35. The number of rotatable bonds is 7. The van der Waals surface area contributed by atoms with Crippen molar-refractivity contribution >= 4 is 17.8 Å². The molecule has 2 atom stereocenters. The molecule has 0 bridgehead atoms. The molecule has 4 rings (SSSR count). The van der Waals surface area contributed by atoms with Crippen molar-refractivity contribution in [3.63, 3.8) is 0 Å². The maximum absolute atomic E-state index is 12.9. The number of amides is 4. The maximum Gasteiger partial charge on any atom is 0.325 e. The Morgan fingerprint density at radius 3 is 2.58 bits per heavy atom. The van der Waals surface area contributed by atoms with Crippen molar-refractivity contribution in [2.75, 3.05) is 33.9 Å². The highest BCUT2D eigenvalue weighted by Gasteiger charge is 2.40. The summed E-state index contributed by atoms with van der Waals surface area (Å²) < 4.78 is 16.3. The molecule has 2 aliphatic heterocycles. The largest absolute Gasteiger partial charge is 0.493 e. The molecule has 0 aliphatic carbocycles. The first-order chi connectivity index (χ1) is 16.0. The van der Waals surface area contributed by atoms with Crippen LogP contribution >= 0.6 is 0 Å². The van der Waals surface area contributed by atoms with Crippen molar-refractivity contribution in [3.05, 3.63) is 59.7 Å². The van der Waals surface area contributed by atoms with Crippen LogP contribution in [0.1, 0.15) is 23.7 Å². The van der Waals surface area contributed by atoms with Crippen LogP contribution in [-0.2, 0) is 20.9 Å². The summed E-state index contributed by atoms with van der Waals surface area (Å²) in [4.78, 5) is 41.1. The van der Waals surface area contributed by atoms with E-state index in [1.165, 1.54) is 14.2 Å². The van der Waals surface area contributed by atoms with Crippen LogP contribution < -0.4 is 14.8 Å². The molecule has 33 heavy (non-hydrogen) atoms. The number of ether oxygens (including phenoxy) is 3. The highest BCUT2D eigenvalue weighted by Crippen LogP contribution is 2.29. The van der Waals surface area contributed by atoms with Gasteiger partial charge in [0.1, 0.15) is 12.1 Å². The van der Waals surface area contributed by atoms with Gasteiger partial charge in [0, 0.05) is 6.54 Å². The Hall–Kier alpha value is -3.59. The fourth-order valence-electron chi connectivity index (χ4n) is 4.08. The fraction of sp³-hybridized carbons (Fsp3) is 0.375. The molecule has 9 nitrogen and oxygen atoms in total. The van der Waals surface area contributed by atoms with Crippen LogP contribution in [0.3, 0.4) is 0 Å². The summed E-state index contributed by atoms with van der Waals surface area (Å²) in [6, 6.07) is 13.5. The van der Waals surface area contributed by atoms with E-state index < -0.39 is 18.0 Å². The van der Waals surface area contributed by atoms with E-state index in [0.29, 0.717) is 36.8 Å². The summed E-state index contributed by atoms with van der Waals surface area (Å²) in [5, 5.41) is 2.64. The first kappa shape index (κ1) is 22.6. The molecule has 0 radical (unpaired) electrons. The maximum atomic E-state index is 12.9. The van der Waals surface area contributed by atoms with Gasteiger partial charge >= 0.3 is 6.03 Å². The molecule has 1 N–H and O–H groups in total. The predicted octanol–water partition coefficient (Wildman–Crippen LogP) is 2.11. The number of nitrogens with one attached hydrogen (secondary N) is 1. The first-order valence-corrected chi connectivity index (χ1v) is 10.8. The lowest BCUT2D eigenvalue weighted by molar-refractivity contribution is -0.141. The third-order valence-corrected chi connectivity index (χ3v) is 5.86. The van der Waals surface area contributed by atoms with Crippen LogP contribution in [0.4, 0.5) is 4.79 Å². The number of hydrogen-bond acceptors (Lipinski definition) is 6. The molecule has 2 aliphatic rings. The molecular weight excluding hydrogens is 426 g/mol. The SMILES string of the molecule is COc1ccc(CN2C(=O)N[C@H](CC(=O)N3CCO[C@@H](c4ccccc4)C3)C2=O)cc1OC. The molecule has 0 spiro atoms. The number of morpholine rings is 1. The summed E-state index contributed by atoms with van der Waals surface area (Å²) in [5.41, 5.74) is 1.71. The Labute approximate surface area is 192 Å². The number of carbonyl (C=O) groups excluding carboxylic acids is 3. The van der Waals surface area contributed by atoms with Gasteiger partial charge in [0.05, 0.1) is 40.3 Å². The number of carbonyl (C=O) groups is 3. The Balaban J connectivity index is 1.38. The van der Waals surface area contributed by atoms with Crippen LogP contribution in [0.2, 0.25) is 0 Å². The Morgan fingerprint density at radius 1 is 1.09 bits per heavy atom. The number of urea groups is 1. The van der Waals surface area contributed by atoms with E-state index in [0.717, 1.165) is 10.5 Å². The molecule has 9 heteroatoms. The Kier molecular flexibility index (Phi) is 6.79. The van der Waals surface area contributed by atoms with Crippen LogP contribution in [0, 0.1) is 0 Å². The molecule has 2 aromatic carbocycles. The number of hydrogen-bond donors (Lipinski definition) is 1. The zero-order valence-corrected chi connectivity index (χ0v) is 18.7. The smallest absolute Gasteiger partial charge is 0.325 e. The lowest BCUT2D eigenvalue weighted by Crippen LogP contribution is -2.45. The number of imide groups is 1. The van der Waals surface area contributed by atoms with E-state index in [4.69, 9.17) is 14.2 Å². The van der Waals surface area contributed by atoms with Gasteiger partial charge in [0.2, 0.25) is 5.91 Å². The first-order valence-electron chi connectivity index (χ1n) is 10.8. The molecule has 2 aromatic rings. The van der Waals surface area contributed by atoms with Crippen LogP contribution in [-0.4, -0.2) is 67.6 Å². The van der Waals surface area contributed by atoms with Gasteiger partial charge in [0.15, 0.2) is 11.5 Å². The zero-order chi connectivity index (χ0) is 23.4. The van der Waals surface area contributed by atoms with E-state index in [1.54, 1.807) is 23.1 Å². The number of nitrogens with zero attached hydrogens (tertiary/aromatic N) is 2. The van der Waals surface area contributed by atoms with Crippen molar-refractivity contribution in [2.45, 2.75) is 25.1 Å². The van der Waals surface area contributed by atoms with Crippen molar-refractivity contribution in [1.29, 1.82) is 0 Å². The Morgan fingerprint density at radius 2 is 1.85 bits per heavy atom. The standard InChI is InChI=1S/C24H27N3O6/c1-31-19-9-8-16(12-20(19)32-2)14-27-23(29)18(25-24(27)30)13-22(28)26-10-11-33-21(15-26)17-6-4-3-5-7-17/h3-9,12,18,21H,10-11,13-15H2,1-2H3,(H,25,30)/t18-,21-/m1/s1. The Bertz CT molecular complexity index is 1030. The average Bonchev–Trinajstić information content (AvgIpc) is 3.11. The average molecular weight is 453 g/mol. The topological polar surface area (TPSA) is 97.4 Å². The van der Waals surface area contributed by atoms with Gasteiger partial charge in [-0.25, -0.2) is 4.79 Å². The van der Waals surface area contributed by atoms with Crippen molar-refractivity contribution in [2.24, 2.45) is 0 Å². The van der Waals surface area contributed by atoms with Gasteiger partial charge < -0.3 is 24.4 Å². The highest BCUT2D eigenvalue weighted by atomic mass is 16.5. The third-order valence-electron chi connectivity index (χ3n) is 5.86. The minimum atomic E-state index is -0.886. The number of methoxy groups -OCH3 is 2. The second-order valence-electron chi connectivity index (χ2n) is 7.93. The molecular formula is C24H27N3O6. The van der Waals surface area contributed by atoms with Gasteiger partial charge in [-0.15, -0.1) is 0 Å². The van der Waals surface area contributed by atoms with Crippen LogP contribution in [0.15, 0.2) is 48.5 Å². The van der Waals surface area contributed by atoms with Crippen molar-refractivity contribution < 1.29 is 28.6 Å². The van der Waals surface area contributed by atoms with Crippen LogP contribution in [0.25, 0.3) is 0 Å². The zero-order valence-electron chi connectivity index (χ0n) is 18.7. The number of benzene rings is 2. The summed E-state index contributed by atoms with van der Waals surface area (Å²) in [6.07, 6.45) is -0.298. The molecule has 174 valence electrons. The second-order valence-corrected chi connectivity index (χ2v) is 7.93. The lowest BCUT2D eigenvalue weighted by Gasteiger charge is -2.33. The highest BCUT2D eigenvalue weighted by molar-refractivity contribution is 6.05. The molecule has 0 aromatic heterocycles. The summed E-state index contributed by atoms with van der Waals surface area (Å²) in [7, 11) is 3.05. The predicted molar refractivity (Wildman–Crippen MR) is 119 cm³/mol. The lowest BCUT2D eigenvalue weighted by atomic mass is 10.1. The molecule has 4 amide bonds. The molecule has 2 fully saturated rings. The van der Waals surface area contributed by atoms with E-state index in [-0.39, 0.29) is 25.0 Å².